The van der Waals surface area contributed by atoms with Crippen molar-refractivity contribution in [3.8, 4) is 0 Å². The van der Waals surface area contributed by atoms with Crippen LogP contribution in [0.15, 0.2) is 78.9 Å². The molecule has 0 fully saturated rings. The van der Waals surface area contributed by atoms with Crippen LogP contribution < -0.4 is 9.57 Å². The van der Waals surface area contributed by atoms with Gasteiger partial charge in [0.25, 0.3) is 0 Å². The molecule has 0 bridgehead atoms. The van der Waals surface area contributed by atoms with Crippen LogP contribution in [0.25, 0.3) is 5.57 Å². The Labute approximate surface area is 124 Å². The van der Waals surface area contributed by atoms with Crippen molar-refractivity contribution < 1.29 is 0 Å². The second-order valence-corrected chi connectivity index (χ2v) is 7.74. The van der Waals surface area contributed by atoms with Gasteiger partial charge in [-0.15, -0.1) is 0 Å². The standard InChI is InChI=1S/C19H14As/c1-2-8-14(9-3-1)19-15-10-4-6-12-17(15)20-18-13-7-5-11-16(18)19/h1-13,20H. The summed E-state index contributed by atoms with van der Waals surface area (Å²) in [5.74, 6) is 0. The Morgan fingerprint density at radius 2 is 1.30 bits per heavy atom. The fourth-order valence-electron chi connectivity index (χ4n) is 2.83. The number of benzene rings is 3. The van der Waals surface area contributed by atoms with Crippen molar-refractivity contribution in [3.05, 3.63) is 99.2 Å². The molecule has 0 aliphatic carbocycles. The third-order valence-corrected chi connectivity index (χ3v) is 6.68. The first-order chi connectivity index (χ1) is 9.93. The maximum absolute atomic E-state index is 2.30. The molecule has 4 rings (SSSR count). The van der Waals surface area contributed by atoms with Crippen LogP contribution in [-0.2, 0) is 0 Å². The second-order valence-electron chi connectivity index (χ2n) is 4.96. The van der Waals surface area contributed by atoms with E-state index in [9.17, 15) is 0 Å². The monoisotopic (exact) mass is 317 g/mol. The summed E-state index contributed by atoms with van der Waals surface area (Å²) < 4.78 is 3.09. The van der Waals surface area contributed by atoms with E-state index in [2.05, 4.69) is 78.9 Å². The van der Waals surface area contributed by atoms with Crippen molar-refractivity contribution in [2.24, 2.45) is 0 Å². The molecule has 1 unspecified atom stereocenters. The molecule has 3 aromatic rings. The molecule has 95 valence electrons. The Kier molecular flexibility index (Phi) is 2.90. The van der Waals surface area contributed by atoms with Crippen LogP contribution in [0.1, 0.15) is 11.1 Å². The molecule has 0 aromatic heterocycles. The molecule has 1 atom stereocenters. The topological polar surface area (TPSA) is 0 Å². The summed E-state index contributed by atoms with van der Waals surface area (Å²) in [6.07, 6.45) is 0. The van der Waals surface area contributed by atoms with Crippen LogP contribution in [0.3, 0.4) is 0 Å². The molecular formula is C19H14As. The van der Waals surface area contributed by atoms with Crippen LogP contribution in [0.2, 0.25) is 0 Å². The van der Waals surface area contributed by atoms with Crippen molar-refractivity contribution in [1.29, 1.82) is 0 Å². The van der Waals surface area contributed by atoms with Gasteiger partial charge < -0.3 is 0 Å². The molecule has 1 radical (unpaired) electrons. The van der Waals surface area contributed by atoms with E-state index in [1.165, 1.54) is 21.9 Å². The minimum absolute atomic E-state index is 0.214. The number of hydrogen-bond donors (Lipinski definition) is 0. The molecule has 0 N–H and O–H groups in total. The summed E-state index contributed by atoms with van der Waals surface area (Å²) >= 11 is -0.214. The van der Waals surface area contributed by atoms with Gasteiger partial charge in [-0.2, -0.15) is 0 Å². The molecule has 1 heteroatoms. The molecule has 3 aromatic carbocycles. The van der Waals surface area contributed by atoms with E-state index in [-0.39, 0.29) is 15.3 Å². The van der Waals surface area contributed by atoms with Gasteiger partial charge >= 0.3 is 124 Å². The summed E-state index contributed by atoms with van der Waals surface area (Å²) in [5, 5.41) is 1.43. The molecule has 0 saturated heterocycles. The third-order valence-electron chi connectivity index (χ3n) is 3.72. The summed E-state index contributed by atoms with van der Waals surface area (Å²) in [7, 11) is 0. The Balaban J connectivity index is 2.18. The fraction of sp³-hybridized carbons (Fsp3) is 0. The summed E-state index contributed by atoms with van der Waals surface area (Å²) in [6, 6.07) is 28.6. The summed E-state index contributed by atoms with van der Waals surface area (Å²) in [4.78, 5) is 0. The predicted octanol–water partition coefficient (Wildman–Crippen LogP) is 2.26. The third kappa shape index (κ3) is 1.88. The van der Waals surface area contributed by atoms with Crippen LogP contribution in [-0.4, -0.2) is 15.3 Å². The van der Waals surface area contributed by atoms with Crippen molar-refractivity contribution >= 4 is 25.2 Å². The van der Waals surface area contributed by atoms with Gasteiger partial charge in [0.1, 0.15) is 0 Å². The van der Waals surface area contributed by atoms with Crippen molar-refractivity contribution in [3.63, 3.8) is 0 Å². The van der Waals surface area contributed by atoms with Gasteiger partial charge in [0.2, 0.25) is 0 Å². The van der Waals surface area contributed by atoms with Gasteiger partial charge in [0.05, 0.1) is 0 Å². The summed E-state index contributed by atoms with van der Waals surface area (Å²) in [5.41, 5.74) is 4.14. The molecule has 0 spiro atoms. The van der Waals surface area contributed by atoms with E-state index in [0.29, 0.717) is 0 Å². The molecule has 20 heavy (non-hydrogen) atoms. The molecule has 0 saturated carbocycles. The molecule has 0 amide bonds. The maximum atomic E-state index is 2.30. The van der Waals surface area contributed by atoms with Crippen LogP contribution in [0.5, 0.6) is 0 Å². The Hall–Kier alpha value is -1.91. The molecule has 1 heterocycles. The van der Waals surface area contributed by atoms with Crippen LogP contribution in [0.4, 0.5) is 0 Å². The van der Waals surface area contributed by atoms with E-state index < -0.39 is 0 Å². The van der Waals surface area contributed by atoms with Crippen molar-refractivity contribution in [2.75, 3.05) is 0 Å². The molecular weight excluding hydrogens is 303 g/mol. The first-order valence-corrected chi connectivity index (χ1v) is 8.91. The quantitative estimate of drug-likeness (QED) is 0.473. The van der Waals surface area contributed by atoms with E-state index >= 15 is 0 Å². The van der Waals surface area contributed by atoms with Crippen LogP contribution >= 0.6 is 0 Å². The van der Waals surface area contributed by atoms with Crippen molar-refractivity contribution in [2.45, 2.75) is 0 Å². The number of rotatable bonds is 1. The zero-order valence-corrected chi connectivity index (χ0v) is 13.1. The molecule has 1 aliphatic rings. The van der Waals surface area contributed by atoms with Crippen LogP contribution in [0, 0.1) is 3.95 Å². The number of hydrogen-bond acceptors (Lipinski definition) is 0. The Morgan fingerprint density at radius 3 is 2.20 bits per heavy atom. The van der Waals surface area contributed by atoms with E-state index in [1.54, 1.807) is 8.30 Å². The zero-order chi connectivity index (χ0) is 13.4. The fourth-order valence-corrected chi connectivity index (χ4v) is 5.63. The van der Waals surface area contributed by atoms with E-state index in [1.807, 2.05) is 0 Å². The Bertz CT molecular complexity index is 892. The molecule has 0 nitrogen and oxygen atoms in total. The predicted molar refractivity (Wildman–Crippen MR) is 86.2 cm³/mol. The normalized spacial score (nSPS) is 13.1. The Morgan fingerprint density at radius 1 is 0.600 bits per heavy atom. The van der Waals surface area contributed by atoms with Gasteiger partial charge in [0, 0.05) is 0 Å². The van der Waals surface area contributed by atoms with Gasteiger partial charge in [-0.25, -0.2) is 0 Å². The zero-order valence-electron chi connectivity index (χ0n) is 11.0. The van der Waals surface area contributed by atoms with Gasteiger partial charge in [-0.05, 0) is 0 Å². The van der Waals surface area contributed by atoms with Gasteiger partial charge in [-0.1, -0.05) is 0 Å². The SMILES string of the molecule is c1ccc(C2=c3ccccc3=[AsH]c3ccccc32)cc1. The first-order valence-electron chi connectivity index (χ1n) is 6.82. The minimum atomic E-state index is -0.214. The second kappa shape index (κ2) is 4.89. The first kappa shape index (κ1) is 11.9. The van der Waals surface area contributed by atoms with Gasteiger partial charge in [-0.3, -0.25) is 0 Å². The van der Waals surface area contributed by atoms with E-state index in [0.717, 1.165) is 0 Å². The average Bonchev–Trinajstić information content (AvgIpc) is 2.53. The number of fused-ring (bicyclic) bond motifs is 2. The van der Waals surface area contributed by atoms with Gasteiger partial charge in [0.15, 0.2) is 0 Å². The molecule has 1 aliphatic heterocycles. The average molecular weight is 317 g/mol. The summed E-state index contributed by atoms with van der Waals surface area (Å²) in [6.45, 7) is 0. The van der Waals surface area contributed by atoms with E-state index in [4.69, 9.17) is 0 Å². The van der Waals surface area contributed by atoms with Crippen molar-refractivity contribution in [1.82, 2.24) is 0 Å².